The molecule has 2 aromatic rings. The van der Waals surface area contributed by atoms with Gasteiger partial charge in [0.15, 0.2) is 0 Å². The van der Waals surface area contributed by atoms with Gasteiger partial charge in [0.1, 0.15) is 23.0 Å². The molecule has 7 nitrogen and oxygen atoms in total. The van der Waals surface area contributed by atoms with Gasteiger partial charge in [0.2, 0.25) is 5.88 Å². The van der Waals surface area contributed by atoms with Gasteiger partial charge in [-0.25, -0.2) is 0 Å². The average Bonchev–Trinajstić information content (AvgIpc) is 3.12. The maximum atomic E-state index is 12.3. The molecule has 0 aliphatic heterocycles. The molecule has 0 radical (unpaired) electrons. The van der Waals surface area contributed by atoms with Crippen molar-refractivity contribution in [1.82, 2.24) is 9.88 Å². The molecular formula is C15H17N3O4. The Morgan fingerprint density at radius 1 is 1.55 bits per heavy atom. The molecule has 2 aromatic heterocycles. The largest absolute Gasteiger partial charge is 0.443 e. The number of carbonyl (C=O) groups excluding carboxylic acids is 1. The lowest BCUT2D eigenvalue weighted by atomic mass is 10.1. The van der Waals surface area contributed by atoms with Gasteiger partial charge in [-0.2, -0.15) is 5.26 Å². The third-order valence-electron chi connectivity index (χ3n) is 3.10. The Morgan fingerprint density at radius 2 is 2.23 bits per heavy atom. The molecule has 0 bridgehead atoms. The number of amides is 1. The van der Waals surface area contributed by atoms with Crippen LogP contribution in [0.4, 0.5) is 0 Å². The lowest BCUT2D eigenvalue weighted by molar-refractivity contribution is 0.0609. The Morgan fingerprint density at radius 3 is 2.82 bits per heavy atom. The molecule has 0 aromatic carbocycles. The Bertz CT molecular complexity index is 682. The highest BCUT2D eigenvalue weighted by molar-refractivity contribution is 5.98. The van der Waals surface area contributed by atoms with Crippen LogP contribution in [0.15, 0.2) is 28.9 Å². The summed E-state index contributed by atoms with van der Waals surface area (Å²) in [7, 11) is 1.46. The molecule has 0 saturated heterocycles. The number of rotatable bonds is 6. The van der Waals surface area contributed by atoms with Crippen molar-refractivity contribution in [1.29, 1.82) is 5.26 Å². The van der Waals surface area contributed by atoms with E-state index < -0.39 is 12.0 Å². The molecule has 0 aliphatic carbocycles. The number of furan rings is 1. The van der Waals surface area contributed by atoms with Crippen LogP contribution in [-0.4, -0.2) is 41.9 Å². The van der Waals surface area contributed by atoms with E-state index in [-0.39, 0.29) is 24.3 Å². The number of hydrogen-bond acceptors (Lipinski definition) is 5. The fourth-order valence-corrected chi connectivity index (χ4v) is 2.11. The number of ether oxygens (including phenoxy) is 1. The summed E-state index contributed by atoms with van der Waals surface area (Å²) in [5.41, 5.74) is 0.336. The lowest BCUT2D eigenvalue weighted by Gasteiger charge is -2.10. The first-order valence-corrected chi connectivity index (χ1v) is 6.70. The number of aliphatic hydroxyl groups is 1. The van der Waals surface area contributed by atoms with E-state index in [1.165, 1.54) is 7.11 Å². The van der Waals surface area contributed by atoms with Crippen molar-refractivity contribution in [2.75, 3.05) is 20.3 Å². The van der Waals surface area contributed by atoms with Crippen molar-refractivity contribution in [3.05, 3.63) is 41.4 Å². The van der Waals surface area contributed by atoms with E-state index in [0.717, 1.165) is 0 Å². The second-order valence-electron chi connectivity index (χ2n) is 4.73. The monoisotopic (exact) mass is 303 g/mol. The molecule has 22 heavy (non-hydrogen) atoms. The van der Waals surface area contributed by atoms with E-state index in [1.807, 2.05) is 6.07 Å². The minimum absolute atomic E-state index is 0.0288. The van der Waals surface area contributed by atoms with Gasteiger partial charge in [0, 0.05) is 26.0 Å². The number of aromatic nitrogens is 1. The number of carbonyl (C=O) groups is 1. The molecule has 116 valence electrons. The predicted octanol–water partition coefficient (Wildman–Crippen LogP) is 0.987. The van der Waals surface area contributed by atoms with E-state index in [2.05, 4.69) is 5.32 Å². The molecule has 0 saturated carbocycles. The van der Waals surface area contributed by atoms with Gasteiger partial charge in [-0.1, -0.05) is 0 Å². The molecule has 0 fully saturated rings. The maximum absolute atomic E-state index is 12.3. The Balaban J connectivity index is 2.24. The lowest BCUT2D eigenvalue weighted by Crippen LogP contribution is -2.34. The van der Waals surface area contributed by atoms with E-state index >= 15 is 0 Å². The van der Waals surface area contributed by atoms with Gasteiger partial charge in [-0.3, -0.25) is 9.36 Å². The first-order chi connectivity index (χ1) is 10.6. The number of aryl methyl sites for hydroxylation is 1. The van der Waals surface area contributed by atoms with Crippen LogP contribution in [0.3, 0.4) is 0 Å². The highest BCUT2D eigenvalue weighted by Crippen LogP contribution is 2.25. The summed E-state index contributed by atoms with van der Waals surface area (Å²) < 4.78 is 12.0. The molecule has 7 heteroatoms. The molecule has 2 N–H and O–H groups in total. The molecule has 0 spiro atoms. The molecule has 1 unspecified atom stereocenters. The van der Waals surface area contributed by atoms with Crippen molar-refractivity contribution >= 4 is 5.91 Å². The van der Waals surface area contributed by atoms with Crippen LogP contribution in [0.25, 0.3) is 5.88 Å². The van der Waals surface area contributed by atoms with Crippen molar-refractivity contribution in [3.8, 4) is 12.0 Å². The topological polar surface area (TPSA) is 100 Å². The second kappa shape index (κ2) is 6.93. The quantitative estimate of drug-likeness (QED) is 0.828. The van der Waals surface area contributed by atoms with Crippen LogP contribution in [0.5, 0.6) is 0 Å². The predicted molar refractivity (Wildman–Crippen MR) is 77.7 cm³/mol. The minimum atomic E-state index is -0.810. The molecule has 0 aliphatic rings. The summed E-state index contributed by atoms with van der Waals surface area (Å²) in [6.45, 7) is 1.76. The van der Waals surface area contributed by atoms with E-state index in [0.29, 0.717) is 11.6 Å². The molecule has 2 heterocycles. The van der Waals surface area contributed by atoms with Gasteiger partial charge >= 0.3 is 0 Å². The summed E-state index contributed by atoms with van der Waals surface area (Å²) in [6, 6.07) is 5.59. The Labute approximate surface area is 127 Å². The van der Waals surface area contributed by atoms with Crippen molar-refractivity contribution in [2.24, 2.45) is 0 Å². The summed E-state index contributed by atoms with van der Waals surface area (Å²) >= 11 is 0. The minimum Gasteiger partial charge on any atom is -0.443 e. The van der Waals surface area contributed by atoms with Crippen LogP contribution in [0.1, 0.15) is 21.7 Å². The summed E-state index contributed by atoms with van der Waals surface area (Å²) in [5, 5.41) is 21.5. The Kier molecular flexibility index (Phi) is 4.99. The van der Waals surface area contributed by atoms with Gasteiger partial charge < -0.3 is 19.6 Å². The van der Waals surface area contributed by atoms with E-state index in [9.17, 15) is 15.2 Å². The first kappa shape index (κ1) is 15.8. The van der Waals surface area contributed by atoms with Crippen molar-refractivity contribution < 1.29 is 19.1 Å². The van der Waals surface area contributed by atoms with E-state index in [1.54, 1.807) is 36.0 Å². The van der Waals surface area contributed by atoms with Gasteiger partial charge in [-0.15, -0.1) is 0 Å². The normalized spacial score (nSPS) is 11.9. The third kappa shape index (κ3) is 3.19. The number of nitriles is 1. The molecule has 1 atom stereocenters. The van der Waals surface area contributed by atoms with Gasteiger partial charge in [0.25, 0.3) is 5.91 Å². The maximum Gasteiger partial charge on any atom is 0.256 e. The fourth-order valence-electron chi connectivity index (χ4n) is 2.11. The van der Waals surface area contributed by atoms with Crippen LogP contribution in [0, 0.1) is 18.3 Å². The number of methoxy groups -OCH3 is 1. The van der Waals surface area contributed by atoms with Crippen LogP contribution < -0.4 is 5.32 Å². The zero-order valence-corrected chi connectivity index (χ0v) is 12.4. The number of hydrogen-bond donors (Lipinski definition) is 2. The third-order valence-corrected chi connectivity index (χ3v) is 3.10. The smallest absolute Gasteiger partial charge is 0.256 e. The van der Waals surface area contributed by atoms with Gasteiger partial charge in [-0.05, 0) is 19.1 Å². The summed E-state index contributed by atoms with van der Waals surface area (Å²) in [6.07, 6.45) is 2.64. The van der Waals surface area contributed by atoms with Crippen molar-refractivity contribution in [2.45, 2.75) is 13.0 Å². The van der Waals surface area contributed by atoms with Crippen molar-refractivity contribution in [3.63, 3.8) is 0 Å². The van der Waals surface area contributed by atoms with Crippen LogP contribution >= 0.6 is 0 Å². The molecule has 2 rings (SSSR count). The summed E-state index contributed by atoms with van der Waals surface area (Å²) in [5.74, 6) is 0.179. The Hall–Kier alpha value is -2.56. The number of aliphatic hydroxyl groups excluding tert-OH is 1. The SMILES string of the molecule is COCC(O)CNC(=O)c1c(C)oc(-n2cccc2)c1C#N. The highest BCUT2D eigenvalue weighted by Gasteiger charge is 2.24. The zero-order valence-electron chi connectivity index (χ0n) is 12.4. The van der Waals surface area contributed by atoms with E-state index in [4.69, 9.17) is 9.15 Å². The van der Waals surface area contributed by atoms with Gasteiger partial charge in [0.05, 0.1) is 12.7 Å². The average molecular weight is 303 g/mol. The molecule has 1 amide bonds. The number of nitrogens with one attached hydrogen (secondary N) is 1. The standard InChI is InChI=1S/C15H17N3O4/c1-10-13(14(20)17-8-11(19)9-21-2)12(7-16)15(22-10)18-5-3-4-6-18/h3-6,11,19H,8-9H2,1-2H3,(H,17,20). The van der Waals surface area contributed by atoms with Crippen LogP contribution in [-0.2, 0) is 4.74 Å². The highest BCUT2D eigenvalue weighted by atomic mass is 16.5. The number of nitrogens with zero attached hydrogens (tertiary/aromatic N) is 2. The first-order valence-electron chi connectivity index (χ1n) is 6.70. The molecular weight excluding hydrogens is 286 g/mol. The van der Waals surface area contributed by atoms with Crippen LogP contribution in [0.2, 0.25) is 0 Å². The summed E-state index contributed by atoms with van der Waals surface area (Å²) in [4.78, 5) is 12.3. The zero-order chi connectivity index (χ0) is 16.1. The fraction of sp³-hybridized carbons (Fsp3) is 0.333. The second-order valence-corrected chi connectivity index (χ2v) is 4.73.